The van der Waals surface area contributed by atoms with Gasteiger partial charge in [0.15, 0.2) is 0 Å². The number of aryl methyl sites for hydroxylation is 2. The number of benzene rings is 1. The van der Waals surface area contributed by atoms with Crippen LogP contribution in [-0.4, -0.2) is 10.2 Å². The minimum atomic E-state index is -0.101. The van der Waals surface area contributed by atoms with Crippen LogP contribution < -0.4 is 0 Å². The van der Waals surface area contributed by atoms with Crippen LogP contribution in [0.2, 0.25) is 0 Å². The third kappa shape index (κ3) is 2.25. The van der Waals surface area contributed by atoms with Crippen molar-refractivity contribution in [3.63, 3.8) is 0 Å². The first-order valence-corrected chi connectivity index (χ1v) is 6.56. The number of hydrogen-bond acceptors (Lipinski definition) is 3. The molecule has 106 valence electrons. The molecule has 20 heavy (non-hydrogen) atoms. The predicted molar refractivity (Wildman–Crippen MR) is 81.8 cm³/mol. The molecule has 2 rings (SSSR count). The van der Waals surface area contributed by atoms with Crippen LogP contribution in [0.4, 0.5) is 0 Å². The third-order valence-electron chi connectivity index (χ3n) is 3.84. The highest BCUT2D eigenvalue weighted by molar-refractivity contribution is 5.90. The first-order chi connectivity index (χ1) is 9.36. The van der Waals surface area contributed by atoms with Crippen LogP contribution >= 0.6 is 0 Å². The van der Waals surface area contributed by atoms with Gasteiger partial charge >= 0.3 is 0 Å². The van der Waals surface area contributed by atoms with Crippen LogP contribution in [-0.2, 0) is 6.61 Å². The van der Waals surface area contributed by atoms with Crippen molar-refractivity contribution in [3.05, 3.63) is 52.5 Å². The molecule has 0 spiro atoms. The SMILES string of the molecule is C=C(O)/C=C(/C)c1cc2c(C)c(CO)oc2c(C)c1C. The normalized spacial score (nSPS) is 12.2. The Bertz CT molecular complexity index is 718. The van der Waals surface area contributed by atoms with E-state index >= 15 is 0 Å². The molecule has 0 radical (unpaired) electrons. The van der Waals surface area contributed by atoms with E-state index in [0.29, 0.717) is 5.76 Å². The van der Waals surface area contributed by atoms with Crippen molar-refractivity contribution in [1.29, 1.82) is 0 Å². The van der Waals surface area contributed by atoms with Gasteiger partial charge in [-0.15, -0.1) is 0 Å². The fraction of sp³-hybridized carbons (Fsp3) is 0.294. The van der Waals surface area contributed by atoms with Gasteiger partial charge in [-0.3, -0.25) is 0 Å². The number of rotatable bonds is 3. The highest BCUT2D eigenvalue weighted by Crippen LogP contribution is 2.34. The smallest absolute Gasteiger partial charge is 0.137 e. The Hall–Kier alpha value is -2.00. The van der Waals surface area contributed by atoms with E-state index in [2.05, 4.69) is 6.58 Å². The lowest BCUT2D eigenvalue weighted by Gasteiger charge is -2.10. The van der Waals surface area contributed by atoms with E-state index in [1.807, 2.05) is 33.8 Å². The summed E-state index contributed by atoms with van der Waals surface area (Å²) in [6.07, 6.45) is 1.65. The minimum absolute atomic E-state index is 0.0413. The topological polar surface area (TPSA) is 53.6 Å². The first-order valence-electron chi connectivity index (χ1n) is 6.56. The van der Waals surface area contributed by atoms with Gasteiger partial charge < -0.3 is 14.6 Å². The molecule has 0 atom stereocenters. The molecule has 0 aliphatic rings. The molecule has 0 bridgehead atoms. The summed E-state index contributed by atoms with van der Waals surface area (Å²) >= 11 is 0. The number of hydrogen-bond donors (Lipinski definition) is 2. The average molecular weight is 272 g/mol. The average Bonchev–Trinajstić information content (AvgIpc) is 2.70. The van der Waals surface area contributed by atoms with Crippen molar-refractivity contribution in [2.45, 2.75) is 34.3 Å². The lowest BCUT2D eigenvalue weighted by atomic mass is 9.94. The minimum Gasteiger partial charge on any atom is -0.509 e. The van der Waals surface area contributed by atoms with Crippen molar-refractivity contribution in [2.75, 3.05) is 0 Å². The molecule has 0 aliphatic carbocycles. The number of aliphatic hydroxyl groups is 2. The van der Waals surface area contributed by atoms with Crippen molar-refractivity contribution < 1.29 is 14.6 Å². The predicted octanol–water partition coefficient (Wildman–Crippen LogP) is 4.33. The fourth-order valence-electron chi connectivity index (χ4n) is 2.54. The molecule has 1 aromatic carbocycles. The molecule has 0 amide bonds. The van der Waals surface area contributed by atoms with E-state index in [9.17, 15) is 10.2 Å². The second-order valence-electron chi connectivity index (χ2n) is 5.18. The molecule has 3 nitrogen and oxygen atoms in total. The molecule has 2 aromatic rings. The summed E-state index contributed by atoms with van der Waals surface area (Å²) in [7, 11) is 0. The molecule has 0 fully saturated rings. The highest BCUT2D eigenvalue weighted by Gasteiger charge is 2.16. The van der Waals surface area contributed by atoms with Gasteiger partial charge in [0.25, 0.3) is 0 Å². The maximum atomic E-state index is 9.33. The summed E-state index contributed by atoms with van der Waals surface area (Å²) in [6.45, 7) is 11.3. The van der Waals surface area contributed by atoms with Crippen molar-refractivity contribution >= 4 is 16.5 Å². The molecular formula is C17H20O3. The van der Waals surface area contributed by atoms with Crippen LogP contribution in [0.15, 0.2) is 28.9 Å². The van der Waals surface area contributed by atoms with E-state index in [4.69, 9.17) is 4.42 Å². The summed E-state index contributed by atoms with van der Waals surface area (Å²) in [5.74, 6) is 0.646. The zero-order valence-corrected chi connectivity index (χ0v) is 12.4. The fourth-order valence-corrected chi connectivity index (χ4v) is 2.54. The summed E-state index contributed by atoms with van der Waals surface area (Å²) in [4.78, 5) is 0. The zero-order chi connectivity index (χ0) is 15.0. The molecular weight excluding hydrogens is 252 g/mol. The Morgan fingerprint density at radius 2 is 1.90 bits per heavy atom. The van der Waals surface area contributed by atoms with Gasteiger partial charge in [-0.1, -0.05) is 6.58 Å². The van der Waals surface area contributed by atoms with E-state index in [-0.39, 0.29) is 12.4 Å². The monoisotopic (exact) mass is 272 g/mol. The second-order valence-corrected chi connectivity index (χ2v) is 5.18. The van der Waals surface area contributed by atoms with E-state index in [1.165, 1.54) is 0 Å². The first kappa shape index (κ1) is 14.4. The Kier molecular flexibility index (Phi) is 3.73. The Morgan fingerprint density at radius 1 is 1.25 bits per heavy atom. The zero-order valence-electron chi connectivity index (χ0n) is 12.4. The highest BCUT2D eigenvalue weighted by atomic mass is 16.4. The van der Waals surface area contributed by atoms with Gasteiger partial charge in [0.2, 0.25) is 0 Å². The number of furan rings is 1. The Balaban J connectivity index is 2.78. The van der Waals surface area contributed by atoms with Crippen molar-refractivity contribution in [1.82, 2.24) is 0 Å². The van der Waals surface area contributed by atoms with Crippen LogP contribution in [0.5, 0.6) is 0 Å². The summed E-state index contributed by atoms with van der Waals surface area (Å²) < 4.78 is 5.74. The molecule has 0 saturated heterocycles. The van der Waals surface area contributed by atoms with Gasteiger partial charge in [0.05, 0.1) is 0 Å². The lowest BCUT2D eigenvalue weighted by molar-refractivity contribution is 0.250. The third-order valence-corrected chi connectivity index (χ3v) is 3.84. The van der Waals surface area contributed by atoms with Crippen molar-refractivity contribution in [3.8, 4) is 0 Å². The maximum Gasteiger partial charge on any atom is 0.137 e. The molecule has 0 aliphatic heterocycles. The summed E-state index contributed by atoms with van der Waals surface area (Å²) in [5, 5.41) is 19.7. The summed E-state index contributed by atoms with van der Waals surface area (Å²) in [5.41, 5.74) is 5.94. The number of aliphatic hydroxyl groups excluding tert-OH is 2. The van der Waals surface area contributed by atoms with Crippen LogP contribution in [0.1, 0.15) is 34.9 Å². The summed E-state index contributed by atoms with van der Waals surface area (Å²) in [6, 6.07) is 2.05. The van der Waals surface area contributed by atoms with E-state index < -0.39 is 0 Å². The lowest BCUT2D eigenvalue weighted by Crippen LogP contribution is -1.91. The van der Waals surface area contributed by atoms with Gasteiger partial charge in [0.1, 0.15) is 23.7 Å². The number of allylic oxidation sites excluding steroid dienone is 2. The maximum absolute atomic E-state index is 9.33. The van der Waals surface area contributed by atoms with Crippen molar-refractivity contribution in [2.24, 2.45) is 0 Å². The molecule has 3 heteroatoms. The molecule has 2 N–H and O–H groups in total. The van der Waals surface area contributed by atoms with Crippen LogP contribution in [0.25, 0.3) is 16.5 Å². The van der Waals surface area contributed by atoms with E-state index in [1.54, 1.807) is 6.08 Å². The molecule has 1 heterocycles. The second kappa shape index (κ2) is 5.17. The van der Waals surface area contributed by atoms with Gasteiger partial charge in [0, 0.05) is 10.9 Å². The van der Waals surface area contributed by atoms with Crippen LogP contribution in [0.3, 0.4) is 0 Å². The number of fused-ring (bicyclic) bond motifs is 1. The quantitative estimate of drug-likeness (QED) is 0.646. The van der Waals surface area contributed by atoms with Gasteiger partial charge in [-0.25, -0.2) is 0 Å². The van der Waals surface area contributed by atoms with E-state index in [0.717, 1.165) is 38.8 Å². The standard InChI is InChI=1S/C17H20O3/c1-9(6-10(2)19)14-7-15-13(5)16(8-18)20-17(15)12(4)11(14)3/h6-7,18-19H,2,8H2,1,3-5H3/b9-6-. The van der Waals surface area contributed by atoms with Crippen LogP contribution in [0, 0.1) is 20.8 Å². The Labute approximate surface area is 118 Å². The van der Waals surface area contributed by atoms with Gasteiger partial charge in [-0.05, 0) is 62.1 Å². The molecule has 0 saturated carbocycles. The molecule has 1 aromatic heterocycles. The largest absolute Gasteiger partial charge is 0.509 e. The van der Waals surface area contributed by atoms with Gasteiger partial charge in [-0.2, -0.15) is 0 Å². The molecule has 0 unspecified atom stereocenters. The Morgan fingerprint density at radius 3 is 2.45 bits per heavy atom.